The van der Waals surface area contributed by atoms with Crippen LogP contribution in [0.25, 0.3) is 0 Å². The number of allylic oxidation sites excluding steroid dienone is 1. The molecule has 0 radical (unpaired) electrons. The average molecular weight is 429 g/mol. The van der Waals surface area contributed by atoms with Crippen LogP contribution in [0, 0.1) is 28.6 Å². The van der Waals surface area contributed by atoms with Gasteiger partial charge in [-0.25, -0.2) is 13.6 Å². The minimum atomic E-state index is -2.43. The van der Waals surface area contributed by atoms with Crippen molar-refractivity contribution in [2.24, 2.45) is 28.6 Å². The number of halogens is 2. The highest BCUT2D eigenvalue weighted by Crippen LogP contribution is 2.67. The van der Waals surface area contributed by atoms with Crippen LogP contribution in [0.4, 0.5) is 8.78 Å². The molecule has 0 bridgehead atoms. The molecule has 4 aliphatic carbocycles. The van der Waals surface area contributed by atoms with Gasteiger partial charge in [-0.3, -0.25) is 4.79 Å². The van der Waals surface area contributed by atoms with Gasteiger partial charge in [0.1, 0.15) is 6.10 Å². The van der Waals surface area contributed by atoms with Gasteiger partial charge in [-0.1, -0.05) is 30.7 Å². The topological polar surface area (TPSA) is 43.4 Å². The van der Waals surface area contributed by atoms with E-state index < -0.39 is 11.8 Å². The SMILES string of the molecule is C[C@]12CC[C@H]3[C@@H](CCC4=CC(=O)CC[C@@]43C(F)F)[C@@H]1CCC2OC(=O)c1ccccc1. The summed E-state index contributed by atoms with van der Waals surface area (Å²) in [6.07, 6.45) is 4.13. The summed E-state index contributed by atoms with van der Waals surface area (Å²) in [4.78, 5) is 24.7. The van der Waals surface area contributed by atoms with Crippen molar-refractivity contribution in [3.05, 3.63) is 47.5 Å². The van der Waals surface area contributed by atoms with Gasteiger partial charge in [0.25, 0.3) is 0 Å². The van der Waals surface area contributed by atoms with Gasteiger partial charge in [0.15, 0.2) is 5.78 Å². The van der Waals surface area contributed by atoms with E-state index in [-0.39, 0.29) is 53.9 Å². The molecule has 1 aromatic rings. The number of ether oxygens (including phenoxy) is 1. The Kier molecular flexibility index (Phi) is 5.06. The monoisotopic (exact) mass is 428 g/mol. The Morgan fingerprint density at radius 1 is 1.03 bits per heavy atom. The highest BCUT2D eigenvalue weighted by Gasteiger charge is 2.63. The number of alkyl halides is 2. The van der Waals surface area contributed by atoms with Crippen LogP contribution in [0.2, 0.25) is 0 Å². The zero-order chi connectivity index (χ0) is 21.8. The zero-order valence-electron chi connectivity index (χ0n) is 18.0. The van der Waals surface area contributed by atoms with Crippen LogP contribution in [0.5, 0.6) is 0 Å². The molecule has 0 saturated heterocycles. The number of fused-ring (bicyclic) bond motifs is 5. The van der Waals surface area contributed by atoms with Crippen LogP contribution in [-0.2, 0) is 9.53 Å². The summed E-state index contributed by atoms with van der Waals surface area (Å²) in [5.74, 6) is 0.118. The molecule has 6 atom stereocenters. The number of hydrogen-bond acceptors (Lipinski definition) is 3. The maximum atomic E-state index is 14.6. The van der Waals surface area contributed by atoms with Gasteiger partial charge < -0.3 is 4.74 Å². The van der Waals surface area contributed by atoms with Crippen molar-refractivity contribution in [1.82, 2.24) is 0 Å². The fourth-order valence-electron chi connectivity index (χ4n) is 7.60. The zero-order valence-corrected chi connectivity index (χ0v) is 18.0. The second-order valence-corrected chi connectivity index (χ2v) is 10.3. The molecule has 0 aliphatic heterocycles. The molecule has 1 unspecified atom stereocenters. The van der Waals surface area contributed by atoms with Crippen LogP contribution in [-0.4, -0.2) is 24.3 Å². The lowest BCUT2D eigenvalue weighted by atomic mass is 9.47. The van der Waals surface area contributed by atoms with Gasteiger partial charge in [0.2, 0.25) is 6.43 Å². The van der Waals surface area contributed by atoms with Crippen LogP contribution >= 0.6 is 0 Å². The number of hydrogen-bond donors (Lipinski definition) is 0. The summed E-state index contributed by atoms with van der Waals surface area (Å²) in [7, 11) is 0. The number of carbonyl (C=O) groups excluding carboxylic acids is 2. The Balaban J connectivity index is 1.40. The van der Waals surface area contributed by atoms with Crippen molar-refractivity contribution in [2.45, 2.75) is 70.8 Å². The molecule has 5 heteroatoms. The van der Waals surface area contributed by atoms with Crippen molar-refractivity contribution in [3.8, 4) is 0 Å². The Morgan fingerprint density at radius 2 is 1.81 bits per heavy atom. The van der Waals surface area contributed by atoms with Crippen LogP contribution < -0.4 is 0 Å². The number of esters is 1. The van der Waals surface area contributed by atoms with Crippen molar-refractivity contribution >= 4 is 11.8 Å². The van der Waals surface area contributed by atoms with E-state index in [4.69, 9.17) is 4.74 Å². The predicted molar refractivity (Wildman–Crippen MR) is 113 cm³/mol. The fourth-order valence-corrected chi connectivity index (χ4v) is 7.60. The maximum Gasteiger partial charge on any atom is 0.338 e. The Hall–Kier alpha value is -2.04. The van der Waals surface area contributed by atoms with Crippen LogP contribution in [0.15, 0.2) is 42.0 Å². The molecule has 5 rings (SSSR count). The molecule has 166 valence electrons. The van der Waals surface area contributed by atoms with E-state index >= 15 is 0 Å². The first kappa shape index (κ1) is 20.8. The molecule has 3 fully saturated rings. The van der Waals surface area contributed by atoms with E-state index in [1.807, 2.05) is 18.2 Å². The average Bonchev–Trinajstić information content (AvgIpc) is 3.10. The minimum Gasteiger partial charge on any atom is -0.458 e. The first-order chi connectivity index (χ1) is 14.9. The van der Waals surface area contributed by atoms with Gasteiger partial charge in [0, 0.05) is 11.8 Å². The molecule has 3 saturated carbocycles. The first-order valence-electron chi connectivity index (χ1n) is 11.6. The molecule has 0 aromatic heterocycles. The van der Waals surface area contributed by atoms with Crippen molar-refractivity contribution in [3.63, 3.8) is 0 Å². The summed E-state index contributed by atoms with van der Waals surface area (Å²) < 4.78 is 35.2. The summed E-state index contributed by atoms with van der Waals surface area (Å²) in [6.45, 7) is 2.20. The standard InChI is InChI=1S/C26H30F2O3/c1-25-13-12-21-19(8-7-17-15-18(29)11-14-26(17,21)24(27)28)20(25)9-10-22(25)31-23(30)16-5-3-2-4-6-16/h2-6,15,19-22,24H,7-14H2,1H3/t19-,20-,21-,22?,25-,26+/m0/s1. The Labute approximate surface area is 182 Å². The second-order valence-electron chi connectivity index (χ2n) is 10.3. The van der Waals surface area contributed by atoms with Crippen molar-refractivity contribution < 1.29 is 23.1 Å². The van der Waals surface area contributed by atoms with E-state index in [1.54, 1.807) is 18.2 Å². The largest absolute Gasteiger partial charge is 0.458 e. The molecule has 0 spiro atoms. The molecule has 0 N–H and O–H groups in total. The third-order valence-corrected chi connectivity index (χ3v) is 9.13. The predicted octanol–water partition coefficient (Wildman–Crippen LogP) is 5.99. The molecule has 3 nitrogen and oxygen atoms in total. The smallest absolute Gasteiger partial charge is 0.338 e. The highest BCUT2D eigenvalue weighted by atomic mass is 19.3. The van der Waals surface area contributed by atoms with Crippen LogP contribution in [0.1, 0.15) is 68.6 Å². The number of carbonyl (C=O) groups is 2. The van der Waals surface area contributed by atoms with E-state index in [2.05, 4.69) is 6.92 Å². The van der Waals surface area contributed by atoms with E-state index in [9.17, 15) is 18.4 Å². The van der Waals surface area contributed by atoms with Crippen LogP contribution in [0.3, 0.4) is 0 Å². The lowest BCUT2D eigenvalue weighted by Crippen LogP contribution is -2.55. The third-order valence-electron chi connectivity index (χ3n) is 9.13. The Morgan fingerprint density at radius 3 is 2.55 bits per heavy atom. The minimum absolute atomic E-state index is 0.000808. The van der Waals surface area contributed by atoms with Gasteiger partial charge in [-0.05, 0) is 80.9 Å². The molecule has 31 heavy (non-hydrogen) atoms. The first-order valence-corrected chi connectivity index (χ1v) is 11.6. The van der Waals surface area contributed by atoms with E-state index in [0.717, 1.165) is 25.7 Å². The summed E-state index contributed by atoms with van der Waals surface area (Å²) in [6, 6.07) is 9.05. The lowest BCUT2D eigenvalue weighted by molar-refractivity contribution is -0.134. The number of ketones is 1. The quantitative estimate of drug-likeness (QED) is 0.556. The fraction of sp³-hybridized carbons (Fsp3) is 0.615. The molecule has 0 heterocycles. The highest BCUT2D eigenvalue weighted by molar-refractivity contribution is 5.91. The number of benzene rings is 1. The molecule has 4 aliphatic rings. The van der Waals surface area contributed by atoms with Gasteiger partial charge in [-0.2, -0.15) is 0 Å². The van der Waals surface area contributed by atoms with Crippen molar-refractivity contribution in [1.29, 1.82) is 0 Å². The number of rotatable bonds is 3. The van der Waals surface area contributed by atoms with E-state index in [1.165, 1.54) is 0 Å². The lowest BCUT2D eigenvalue weighted by Gasteiger charge is -2.58. The third kappa shape index (κ3) is 3.10. The maximum absolute atomic E-state index is 14.6. The summed E-state index contributed by atoms with van der Waals surface area (Å²) in [5.41, 5.74) is -0.0368. The molecule has 1 aromatic carbocycles. The van der Waals surface area contributed by atoms with Gasteiger partial charge in [-0.15, -0.1) is 0 Å². The Bertz CT molecular complexity index is 910. The molecule has 0 amide bonds. The summed E-state index contributed by atoms with van der Waals surface area (Å²) in [5, 5.41) is 0. The summed E-state index contributed by atoms with van der Waals surface area (Å²) >= 11 is 0. The molecular formula is C26H30F2O3. The van der Waals surface area contributed by atoms with Gasteiger partial charge in [0.05, 0.1) is 11.0 Å². The normalized spacial score (nSPS) is 39.4. The second kappa shape index (κ2) is 7.53. The van der Waals surface area contributed by atoms with Gasteiger partial charge >= 0.3 is 5.97 Å². The molecular weight excluding hydrogens is 398 g/mol. The van der Waals surface area contributed by atoms with E-state index in [0.29, 0.717) is 24.0 Å². The van der Waals surface area contributed by atoms with Crippen molar-refractivity contribution in [2.75, 3.05) is 0 Å².